The first-order valence-corrected chi connectivity index (χ1v) is 7.66. The molecule has 2 rings (SSSR count). The number of aromatic nitrogens is 1. The zero-order chi connectivity index (χ0) is 14.6. The summed E-state index contributed by atoms with van der Waals surface area (Å²) in [5.41, 5.74) is 1.70. The van der Waals surface area contributed by atoms with E-state index in [9.17, 15) is 8.42 Å². The number of nitrogens with one attached hydrogen (secondary N) is 1. The molecule has 0 aliphatic heterocycles. The summed E-state index contributed by atoms with van der Waals surface area (Å²) in [6.45, 7) is 5.42. The molecule has 0 radical (unpaired) electrons. The molecule has 0 spiro atoms. The van der Waals surface area contributed by atoms with E-state index in [0.717, 1.165) is 11.1 Å². The maximum Gasteiger partial charge on any atom is 0.241 e. The molecule has 0 amide bonds. The van der Waals surface area contributed by atoms with Crippen LogP contribution in [0, 0.1) is 0 Å². The van der Waals surface area contributed by atoms with Gasteiger partial charge in [-0.2, -0.15) is 0 Å². The minimum Gasteiger partial charge on any atom is -0.264 e. The van der Waals surface area contributed by atoms with E-state index in [4.69, 9.17) is 0 Å². The molecule has 20 heavy (non-hydrogen) atoms. The van der Waals surface area contributed by atoms with Crippen LogP contribution in [-0.2, 0) is 10.0 Å². The van der Waals surface area contributed by atoms with E-state index in [-0.39, 0.29) is 10.9 Å². The van der Waals surface area contributed by atoms with Crippen molar-refractivity contribution in [1.82, 2.24) is 9.71 Å². The van der Waals surface area contributed by atoms with E-state index in [0.29, 0.717) is 0 Å². The molecule has 1 N–H and O–H groups in total. The van der Waals surface area contributed by atoms with E-state index in [1.54, 1.807) is 55.7 Å². The summed E-state index contributed by atoms with van der Waals surface area (Å²) in [4.78, 5) is 4.22. The van der Waals surface area contributed by atoms with Crippen LogP contribution in [0.1, 0.15) is 24.1 Å². The molecule has 5 heteroatoms. The number of benzene rings is 1. The molecule has 0 aliphatic rings. The van der Waals surface area contributed by atoms with Gasteiger partial charge in [0.05, 0.1) is 4.90 Å². The van der Waals surface area contributed by atoms with Crippen LogP contribution in [0.15, 0.2) is 60.3 Å². The van der Waals surface area contributed by atoms with Crippen molar-refractivity contribution >= 4 is 16.1 Å². The molecule has 0 fully saturated rings. The van der Waals surface area contributed by atoms with Crippen molar-refractivity contribution in [1.29, 1.82) is 0 Å². The first kappa shape index (κ1) is 14.4. The Morgan fingerprint density at radius 1 is 1.25 bits per heavy atom. The fraction of sp³-hybridized carbons (Fsp3) is 0.133. The zero-order valence-corrected chi connectivity index (χ0v) is 12.0. The molecule has 0 saturated carbocycles. The maximum absolute atomic E-state index is 12.3. The Labute approximate surface area is 119 Å². The van der Waals surface area contributed by atoms with Crippen LogP contribution >= 0.6 is 0 Å². The summed E-state index contributed by atoms with van der Waals surface area (Å²) < 4.78 is 27.1. The largest absolute Gasteiger partial charge is 0.264 e. The van der Waals surface area contributed by atoms with Crippen LogP contribution in [0.3, 0.4) is 0 Å². The lowest BCUT2D eigenvalue weighted by molar-refractivity contribution is 0.566. The van der Waals surface area contributed by atoms with Gasteiger partial charge in [0.1, 0.15) is 0 Å². The standard InChI is InChI=1S/C15H16N2O2S/c1-3-13-6-8-15(9-7-13)20(18,19)17-12(2)14-5-4-10-16-11-14/h3-12,17H,1H2,2H3/t12-/m0/s1. The van der Waals surface area contributed by atoms with Gasteiger partial charge >= 0.3 is 0 Å². The number of rotatable bonds is 5. The minimum atomic E-state index is -3.54. The number of hydrogen-bond acceptors (Lipinski definition) is 3. The molecule has 2 aromatic rings. The van der Waals surface area contributed by atoms with Gasteiger partial charge in [-0.25, -0.2) is 13.1 Å². The van der Waals surface area contributed by atoms with Crippen molar-refractivity contribution < 1.29 is 8.42 Å². The third-order valence-electron chi connectivity index (χ3n) is 2.94. The first-order valence-electron chi connectivity index (χ1n) is 6.17. The highest BCUT2D eigenvalue weighted by Gasteiger charge is 2.18. The minimum absolute atomic E-state index is 0.235. The number of nitrogens with zero attached hydrogens (tertiary/aromatic N) is 1. The van der Waals surface area contributed by atoms with Gasteiger partial charge in [-0.05, 0) is 36.2 Å². The van der Waals surface area contributed by atoms with Crippen molar-refractivity contribution in [3.8, 4) is 0 Å². The molecule has 0 unspecified atom stereocenters. The van der Waals surface area contributed by atoms with Gasteiger partial charge in [-0.15, -0.1) is 0 Å². The zero-order valence-electron chi connectivity index (χ0n) is 11.2. The van der Waals surface area contributed by atoms with Crippen LogP contribution in [0.2, 0.25) is 0 Å². The highest BCUT2D eigenvalue weighted by atomic mass is 32.2. The lowest BCUT2D eigenvalue weighted by Crippen LogP contribution is -2.26. The molecule has 1 aromatic carbocycles. The average Bonchev–Trinajstić information content (AvgIpc) is 2.48. The Bertz CT molecular complexity index is 680. The SMILES string of the molecule is C=Cc1ccc(S(=O)(=O)N[C@@H](C)c2cccnc2)cc1. The lowest BCUT2D eigenvalue weighted by Gasteiger charge is -2.14. The van der Waals surface area contributed by atoms with E-state index in [2.05, 4.69) is 16.3 Å². The van der Waals surface area contributed by atoms with Crippen molar-refractivity contribution in [3.05, 3.63) is 66.5 Å². The summed E-state index contributed by atoms with van der Waals surface area (Å²) >= 11 is 0. The molecule has 1 aromatic heterocycles. The third-order valence-corrected chi connectivity index (χ3v) is 4.50. The highest BCUT2D eigenvalue weighted by Crippen LogP contribution is 2.16. The van der Waals surface area contributed by atoms with Crippen molar-refractivity contribution in [2.75, 3.05) is 0 Å². The quantitative estimate of drug-likeness (QED) is 0.920. The lowest BCUT2D eigenvalue weighted by atomic mass is 10.2. The summed E-state index contributed by atoms with van der Waals surface area (Å²) in [6.07, 6.45) is 4.97. The summed E-state index contributed by atoms with van der Waals surface area (Å²) in [5, 5.41) is 0. The highest BCUT2D eigenvalue weighted by molar-refractivity contribution is 7.89. The number of hydrogen-bond donors (Lipinski definition) is 1. The summed E-state index contributed by atoms with van der Waals surface area (Å²) in [6, 6.07) is 9.84. The van der Waals surface area contributed by atoms with Crippen LogP contribution in [0.5, 0.6) is 0 Å². The molecular formula is C15H16N2O2S. The molecular weight excluding hydrogens is 272 g/mol. The van der Waals surface area contributed by atoms with Crippen molar-refractivity contribution in [2.24, 2.45) is 0 Å². The van der Waals surface area contributed by atoms with Gasteiger partial charge in [0, 0.05) is 18.4 Å². The van der Waals surface area contributed by atoms with E-state index >= 15 is 0 Å². The van der Waals surface area contributed by atoms with E-state index in [1.807, 2.05) is 6.07 Å². The normalized spacial score (nSPS) is 12.8. The average molecular weight is 288 g/mol. The smallest absolute Gasteiger partial charge is 0.241 e. The molecule has 1 heterocycles. The second-order valence-electron chi connectivity index (χ2n) is 4.40. The molecule has 0 saturated heterocycles. The Morgan fingerprint density at radius 3 is 2.50 bits per heavy atom. The Kier molecular flexibility index (Phi) is 4.32. The van der Waals surface area contributed by atoms with Gasteiger partial charge in [-0.3, -0.25) is 4.98 Å². The van der Waals surface area contributed by atoms with Gasteiger partial charge in [0.15, 0.2) is 0 Å². The maximum atomic E-state index is 12.3. The van der Waals surface area contributed by atoms with Crippen molar-refractivity contribution in [2.45, 2.75) is 17.9 Å². The van der Waals surface area contributed by atoms with Gasteiger partial charge in [0.25, 0.3) is 0 Å². The van der Waals surface area contributed by atoms with Crippen LogP contribution in [0.25, 0.3) is 6.08 Å². The van der Waals surface area contributed by atoms with Gasteiger partial charge in [-0.1, -0.05) is 30.9 Å². The summed E-state index contributed by atoms with van der Waals surface area (Å²) in [5.74, 6) is 0. The first-order chi connectivity index (χ1) is 9.53. The molecule has 104 valence electrons. The van der Waals surface area contributed by atoms with Gasteiger partial charge < -0.3 is 0 Å². The molecule has 0 aliphatic carbocycles. The third kappa shape index (κ3) is 3.31. The van der Waals surface area contributed by atoms with Crippen LogP contribution in [0.4, 0.5) is 0 Å². The van der Waals surface area contributed by atoms with Crippen molar-refractivity contribution in [3.63, 3.8) is 0 Å². The van der Waals surface area contributed by atoms with Crippen LogP contribution in [-0.4, -0.2) is 13.4 Å². The predicted octanol–water partition coefficient (Wildman–Crippen LogP) is 2.76. The Morgan fingerprint density at radius 2 is 1.95 bits per heavy atom. The fourth-order valence-corrected chi connectivity index (χ4v) is 3.02. The topological polar surface area (TPSA) is 59.1 Å². The molecule has 1 atom stereocenters. The monoisotopic (exact) mass is 288 g/mol. The Hall–Kier alpha value is -1.98. The van der Waals surface area contributed by atoms with E-state index < -0.39 is 10.0 Å². The number of sulfonamides is 1. The van der Waals surface area contributed by atoms with Crippen LogP contribution < -0.4 is 4.72 Å². The predicted molar refractivity (Wildman–Crippen MR) is 79.5 cm³/mol. The second kappa shape index (κ2) is 5.98. The van der Waals surface area contributed by atoms with Gasteiger partial charge in [0.2, 0.25) is 10.0 Å². The fourth-order valence-electron chi connectivity index (χ4n) is 1.78. The summed E-state index contributed by atoms with van der Waals surface area (Å²) in [7, 11) is -3.54. The number of pyridine rings is 1. The second-order valence-corrected chi connectivity index (χ2v) is 6.12. The molecule has 4 nitrogen and oxygen atoms in total. The van der Waals surface area contributed by atoms with E-state index in [1.165, 1.54) is 0 Å². The Balaban J connectivity index is 2.20. The molecule has 0 bridgehead atoms.